The zero-order chi connectivity index (χ0) is 14.3. The number of rotatable bonds is 8. The quantitative estimate of drug-likeness (QED) is 0.774. The van der Waals surface area contributed by atoms with Crippen LogP contribution in [0.3, 0.4) is 0 Å². The first-order valence-electron chi connectivity index (χ1n) is 6.01. The predicted octanol–water partition coefficient (Wildman–Crippen LogP) is 2.36. The van der Waals surface area contributed by atoms with Gasteiger partial charge in [0.1, 0.15) is 18.5 Å². The van der Waals surface area contributed by atoms with Crippen LogP contribution >= 0.6 is 23.2 Å². The van der Waals surface area contributed by atoms with E-state index < -0.39 is 6.10 Å². The zero-order valence-corrected chi connectivity index (χ0v) is 12.5. The van der Waals surface area contributed by atoms with Crippen molar-refractivity contribution < 1.29 is 14.6 Å². The van der Waals surface area contributed by atoms with Gasteiger partial charge in [0.15, 0.2) is 0 Å². The maximum atomic E-state index is 9.78. The fraction of sp³-hybridized carbons (Fsp3) is 0.538. The van der Waals surface area contributed by atoms with Crippen LogP contribution < -0.4 is 10.1 Å². The number of halogens is 2. The topological polar surface area (TPSA) is 50.7 Å². The lowest BCUT2D eigenvalue weighted by atomic mass is 10.3. The van der Waals surface area contributed by atoms with Crippen LogP contribution in [0.25, 0.3) is 0 Å². The van der Waals surface area contributed by atoms with E-state index in [1.54, 1.807) is 25.3 Å². The Balaban J connectivity index is 2.31. The highest BCUT2D eigenvalue weighted by molar-refractivity contribution is 6.35. The van der Waals surface area contributed by atoms with Crippen LogP contribution in [0.4, 0.5) is 0 Å². The zero-order valence-electron chi connectivity index (χ0n) is 11.0. The lowest BCUT2D eigenvalue weighted by molar-refractivity contribution is 0.0973. The van der Waals surface area contributed by atoms with E-state index in [9.17, 15) is 5.11 Å². The molecule has 0 radical (unpaired) electrons. The monoisotopic (exact) mass is 307 g/mol. The van der Waals surface area contributed by atoms with Gasteiger partial charge in [-0.25, -0.2) is 0 Å². The third-order valence-electron chi connectivity index (χ3n) is 2.44. The van der Waals surface area contributed by atoms with Gasteiger partial charge in [0, 0.05) is 24.7 Å². The summed E-state index contributed by atoms with van der Waals surface area (Å²) in [6, 6.07) is 5.15. The Morgan fingerprint density at radius 3 is 2.68 bits per heavy atom. The summed E-state index contributed by atoms with van der Waals surface area (Å²) >= 11 is 11.7. The lowest BCUT2D eigenvalue weighted by Crippen LogP contribution is -2.38. The molecule has 4 nitrogen and oxygen atoms in total. The van der Waals surface area contributed by atoms with Crippen molar-refractivity contribution in [3.8, 4) is 5.75 Å². The molecule has 0 spiro atoms. The number of benzene rings is 1. The molecule has 0 heterocycles. The molecule has 0 aromatic heterocycles. The molecule has 2 N–H and O–H groups in total. The van der Waals surface area contributed by atoms with E-state index >= 15 is 0 Å². The van der Waals surface area contributed by atoms with Gasteiger partial charge in [-0.3, -0.25) is 0 Å². The highest BCUT2D eigenvalue weighted by atomic mass is 35.5. The summed E-state index contributed by atoms with van der Waals surface area (Å²) in [5.74, 6) is 0.509. The minimum absolute atomic E-state index is 0.161. The van der Waals surface area contributed by atoms with E-state index in [2.05, 4.69) is 5.32 Å². The van der Waals surface area contributed by atoms with Gasteiger partial charge in [-0.15, -0.1) is 0 Å². The molecular formula is C13H19Cl2NO3. The van der Waals surface area contributed by atoms with Gasteiger partial charge in [-0.05, 0) is 25.1 Å². The average Bonchev–Trinajstić information content (AvgIpc) is 2.35. The summed E-state index contributed by atoms with van der Waals surface area (Å²) in [6.45, 7) is 3.16. The molecule has 108 valence electrons. The molecule has 0 saturated carbocycles. The third-order valence-corrected chi connectivity index (χ3v) is 2.97. The van der Waals surface area contributed by atoms with Gasteiger partial charge in [-0.1, -0.05) is 23.2 Å². The van der Waals surface area contributed by atoms with E-state index in [0.717, 1.165) is 0 Å². The number of aliphatic hydroxyl groups is 1. The molecule has 1 rings (SSSR count). The van der Waals surface area contributed by atoms with Crippen molar-refractivity contribution in [2.24, 2.45) is 0 Å². The third kappa shape index (κ3) is 6.45. The van der Waals surface area contributed by atoms with Crippen molar-refractivity contribution >= 4 is 23.2 Å². The summed E-state index contributed by atoms with van der Waals surface area (Å²) in [7, 11) is 1.64. The lowest BCUT2D eigenvalue weighted by Gasteiger charge is -2.17. The van der Waals surface area contributed by atoms with Gasteiger partial charge in [0.25, 0.3) is 0 Å². The second-order valence-corrected chi connectivity index (χ2v) is 5.15. The van der Waals surface area contributed by atoms with Gasteiger partial charge in [0.05, 0.1) is 11.6 Å². The van der Waals surface area contributed by atoms with Crippen LogP contribution in [0.1, 0.15) is 6.92 Å². The first-order valence-corrected chi connectivity index (χ1v) is 6.76. The predicted molar refractivity (Wildman–Crippen MR) is 77.3 cm³/mol. The fourth-order valence-electron chi connectivity index (χ4n) is 1.48. The van der Waals surface area contributed by atoms with Gasteiger partial charge >= 0.3 is 0 Å². The van der Waals surface area contributed by atoms with Crippen molar-refractivity contribution in [1.82, 2.24) is 5.32 Å². The second-order valence-electron chi connectivity index (χ2n) is 4.30. The molecule has 0 saturated heterocycles. The number of hydrogen-bond acceptors (Lipinski definition) is 4. The molecule has 1 aromatic carbocycles. The average molecular weight is 308 g/mol. The minimum Gasteiger partial charge on any atom is -0.489 e. The number of ether oxygens (including phenoxy) is 2. The first kappa shape index (κ1) is 16.5. The van der Waals surface area contributed by atoms with Crippen LogP contribution in [0.5, 0.6) is 5.75 Å². The fourth-order valence-corrected chi connectivity index (χ4v) is 1.95. The van der Waals surface area contributed by atoms with E-state index in [0.29, 0.717) is 28.9 Å². The molecular weight excluding hydrogens is 289 g/mol. The van der Waals surface area contributed by atoms with Crippen molar-refractivity contribution in [2.75, 3.05) is 26.9 Å². The summed E-state index contributed by atoms with van der Waals surface area (Å²) in [6.07, 6.45) is -0.619. The number of hydrogen-bond donors (Lipinski definition) is 2. The molecule has 1 aromatic rings. The SMILES string of the molecule is COCC(C)NCC(O)COc1ccc(Cl)cc1Cl. The summed E-state index contributed by atoms with van der Waals surface area (Å²) in [5.41, 5.74) is 0. The Morgan fingerprint density at radius 2 is 2.05 bits per heavy atom. The maximum absolute atomic E-state index is 9.78. The second kappa shape index (κ2) is 8.61. The molecule has 0 aliphatic rings. The van der Waals surface area contributed by atoms with E-state index in [4.69, 9.17) is 32.7 Å². The van der Waals surface area contributed by atoms with E-state index in [1.165, 1.54) is 0 Å². The van der Waals surface area contributed by atoms with E-state index in [-0.39, 0.29) is 12.6 Å². The number of aliphatic hydroxyl groups excluding tert-OH is 1. The minimum atomic E-state index is -0.619. The van der Waals surface area contributed by atoms with Crippen LogP contribution in [0.2, 0.25) is 10.0 Å². The largest absolute Gasteiger partial charge is 0.489 e. The molecule has 0 bridgehead atoms. The molecule has 0 aliphatic heterocycles. The normalized spacial score (nSPS) is 14.2. The van der Waals surface area contributed by atoms with Crippen LogP contribution in [-0.4, -0.2) is 44.1 Å². The standard InChI is InChI=1S/C13H19Cl2NO3/c1-9(7-18-2)16-6-11(17)8-19-13-4-3-10(14)5-12(13)15/h3-5,9,11,16-17H,6-8H2,1-2H3. The van der Waals surface area contributed by atoms with Crippen molar-refractivity contribution in [1.29, 1.82) is 0 Å². The first-order chi connectivity index (χ1) is 9.02. The van der Waals surface area contributed by atoms with Gasteiger partial charge < -0.3 is 19.9 Å². The summed E-state index contributed by atoms with van der Waals surface area (Å²) in [5, 5.41) is 13.9. The molecule has 0 amide bonds. The molecule has 0 aliphatic carbocycles. The summed E-state index contributed by atoms with van der Waals surface area (Å²) in [4.78, 5) is 0. The summed E-state index contributed by atoms with van der Waals surface area (Å²) < 4.78 is 10.4. The Hall–Kier alpha value is -0.520. The molecule has 0 fully saturated rings. The molecule has 6 heteroatoms. The highest BCUT2D eigenvalue weighted by Gasteiger charge is 2.09. The number of methoxy groups -OCH3 is 1. The smallest absolute Gasteiger partial charge is 0.138 e. The van der Waals surface area contributed by atoms with Crippen LogP contribution in [0, 0.1) is 0 Å². The molecule has 19 heavy (non-hydrogen) atoms. The van der Waals surface area contributed by atoms with Crippen LogP contribution in [0.15, 0.2) is 18.2 Å². The van der Waals surface area contributed by atoms with Crippen molar-refractivity contribution in [2.45, 2.75) is 19.1 Å². The highest BCUT2D eigenvalue weighted by Crippen LogP contribution is 2.27. The van der Waals surface area contributed by atoms with Crippen molar-refractivity contribution in [3.05, 3.63) is 28.2 Å². The molecule has 2 unspecified atom stereocenters. The Morgan fingerprint density at radius 1 is 1.32 bits per heavy atom. The Kier molecular flexibility index (Phi) is 7.49. The van der Waals surface area contributed by atoms with Crippen LogP contribution in [-0.2, 0) is 4.74 Å². The Labute approximate surface area is 123 Å². The Bertz CT molecular complexity index is 390. The number of nitrogens with one attached hydrogen (secondary N) is 1. The van der Waals surface area contributed by atoms with Gasteiger partial charge in [0.2, 0.25) is 0 Å². The maximum Gasteiger partial charge on any atom is 0.138 e. The molecule has 2 atom stereocenters. The van der Waals surface area contributed by atoms with Crippen molar-refractivity contribution in [3.63, 3.8) is 0 Å². The van der Waals surface area contributed by atoms with Gasteiger partial charge in [-0.2, -0.15) is 0 Å². The van der Waals surface area contributed by atoms with E-state index in [1.807, 2.05) is 6.92 Å².